The summed E-state index contributed by atoms with van der Waals surface area (Å²) in [4.78, 5) is 8.89. The van der Waals surface area contributed by atoms with Gasteiger partial charge in [0.25, 0.3) is 0 Å². The summed E-state index contributed by atoms with van der Waals surface area (Å²) >= 11 is 3.43. The molecule has 2 nitrogen and oxygen atoms in total. The van der Waals surface area contributed by atoms with Crippen molar-refractivity contribution >= 4 is 26.8 Å². The van der Waals surface area contributed by atoms with E-state index in [4.69, 9.17) is 0 Å². The first kappa shape index (κ1) is 10.1. The summed E-state index contributed by atoms with van der Waals surface area (Å²) in [5.41, 5.74) is 1.33. The highest BCUT2D eigenvalue weighted by atomic mass is 79.9. The van der Waals surface area contributed by atoms with E-state index in [0.717, 1.165) is 34.2 Å². The van der Waals surface area contributed by atoms with Crippen molar-refractivity contribution < 1.29 is 4.39 Å². The van der Waals surface area contributed by atoms with E-state index in [-0.39, 0.29) is 5.82 Å². The zero-order valence-corrected chi connectivity index (χ0v) is 10.4. The fourth-order valence-corrected chi connectivity index (χ4v) is 2.31. The van der Waals surface area contributed by atoms with Gasteiger partial charge in [-0.3, -0.25) is 0 Å². The van der Waals surface area contributed by atoms with Crippen molar-refractivity contribution in [2.24, 2.45) is 0 Å². The molecule has 0 N–H and O–H groups in total. The van der Waals surface area contributed by atoms with Crippen LogP contribution < -0.4 is 0 Å². The molecule has 0 saturated heterocycles. The first-order chi connectivity index (χ1) is 7.66. The van der Waals surface area contributed by atoms with Gasteiger partial charge in [0.2, 0.25) is 0 Å². The van der Waals surface area contributed by atoms with E-state index in [2.05, 4.69) is 25.9 Å². The average Bonchev–Trinajstić information content (AvgIpc) is 3.07. The quantitative estimate of drug-likeness (QED) is 0.744. The number of rotatable bonds is 1. The number of aryl methyl sites for hydroxylation is 1. The molecule has 1 aliphatic rings. The fraction of sp³-hybridized carbons (Fsp3) is 0.333. The molecule has 0 unspecified atom stereocenters. The van der Waals surface area contributed by atoms with E-state index >= 15 is 0 Å². The van der Waals surface area contributed by atoms with Gasteiger partial charge in [-0.2, -0.15) is 0 Å². The maximum absolute atomic E-state index is 13.5. The van der Waals surface area contributed by atoms with Crippen LogP contribution in [0.25, 0.3) is 10.9 Å². The molecule has 1 fully saturated rings. The van der Waals surface area contributed by atoms with Crippen molar-refractivity contribution in [1.82, 2.24) is 9.97 Å². The summed E-state index contributed by atoms with van der Waals surface area (Å²) in [7, 11) is 0. The van der Waals surface area contributed by atoms with Crippen molar-refractivity contribution in [2.45, 2.75) is 25.7 Å². The predicted molar refractivity (Wildman–Crippen MR) is 63.9 cm³/mol. The normalized spacial score (nSPS) is 15.7. The number of hydrogen-bond donors (Lipinski definition) is 0. The van der Waals surface area contributed by atoms with Crippen LogP contribution in [0.2, 0.25) is 0 Å². The number of halogens is 2. The summed E-state index contributed by atoms with van der Waals surface area (Å²) in [6, 6.07) is 3.18. The molecule has 0 radical (unpaired) electrons. The highest BCUT2D eigenvalue weighted by Gasteiger charge is 2.27. The van der Waals surface area contributed by atoms with Gasteiger partial charge in [0.05, 0.1) is 5.52 Å². The Bertz CT molecular complexity index is 579. The van der Waals surface area contributed by atoms with Crippen LogP contribution in [-0.2, 0) is 0 Å². The second kappa shape index (κ2) is 3.48. The lowest BCUT2D eigenvalue weighted by Gasteiger charge is -2.06. The average molecular weight is 281 g/mol. The van der Waals surface area contributed by atoms with E-state index in [0.29, 0.717) is 11.5 Å². The van der Waals surface area contributed by atoms with Crippen molar-refractivity contribution in [3.8, 4) is 0 Å². The van der Waals surface area contributed by atoms with Crippen molar-refractivity contribution in [2.75, 3.05) is 0 Å². The van der Waals surface area contributed by atoms with E-state index in [9.17, 15) is 4.39 Å². The van der Waals surface area contributed by atoms with Crippen LogP contribution in [0.3, 0.4) is 0 Å². The van der Waals surface area contributed by atoms with E-state index in [1.54, 1.807) is 13.0 Å². The monoisotopic (exact) mass is 280 g/mol. The van der Waals surface area contributed by atoms with Crippen LogP contribution in [0.5, 0.6) is 0 Å². The molecule has 1 aliphatic carbocycles. The maximum Gasteiger partial charge on any atom is 0.133 e. The molecule has 82 valence electrons. The van der Waals surface area contributed by atoms with Gasteiger partial charge < -0.3 is 0 Å². The summed E-state index contributed by atoms with van der Waals surface area (Å²) in [6.45, 7) is 1.76. The third-order valence-electron chi connectivity index (χ3n) is 2.97. The highest BCUT2D eigenvalue weighted by Crippen LogP contribution is 2.39. The smallest absolute Gasteiger partial charge is 0.133 e. The first-order valence-corrected chi connectivity index (χ1v) is 6.08. The summed E-state index contributed by atoms with van der Waals surface area (Å²) in [5.74, 6) is 1.11. The number of fused-ring (bicyclic) bond motifs is 1. The predicted octanol–water partition coefficient (Wildman–Crippen LogP) is 3.72. The van der Waals surface area contributed by atoms with Gasteiger partial charge in [0.1, 0.15) is 16.2 Å². The van der Waals surface area contributed by atoms with Gasteiger partial charge in [0.15, 0.2) is 0 Å². The van der Waals surface area contributed by atoms with Crippen LogP contribution >= 0.6 is 15.9 Å². The number of nitrogens with zero attached hydrogens (tertiary/aromatic N) is 2. The lowest BCUT2D eigenvalue weighted by atomic mass is 10.1. The van der Waals surface area contributed by atoms with Crippen LogP contribution in [0, 0.1) is 12.7 Å². The van der Waals surface area contributed by atoms with Crippen LogP contribution in [0.4, 0.5) is 4.39 Å². The molecule has 0 aliphatic heterocycles. The lowest BCUT2D eigenvalue weighted by Crippen LogP contribution is -1.97. The molecule has 2 aromatic rings. The molecule has 3 rings (SSSR count). The van der Waals surface area contributed by atoms with Crippen LogP contribution in [0.1, 0.15) is 30.1 Å². The lowest BCUT2D eigenvalue weighted by molar-refractivity contribution is 0.620. The summed E-state index contributed by atoms with van der Waals surface area (Å²) < 4.78 is 14.2. The Kier molecular flexibility index (Phi) is 2.21. The van der Waals surface area contributed by atoms with Gasteiger partial charge in [-0.15, -0.1) is 0 Å². The van der Waals surface area contributed by atoms with E-state index in [1.165, 1.54) is 6.07 Å². The molecule has 0 bridgehead atoms. The zero-order valence-electron chi connectivity index (χ0n) is 8.80. The largest absolute Gasteiger partial charge is 0.232 e. The standard InChI is InChI=1S/C12H10BrFN2/c1-6-9(14)5-4-8-10(6)15-12(7-2-3-7)16-11(8)13/h4-5,7H,2-3H2,1H3. The minimum absolute atomic E-state index is 0.208. The molecule has 16 heavy (non-hydrogen) atoms. The summed E-state index contributed by atoms with van der Waals surface area (Å²) in [6.07, 6.45) is 2.29. The van der Waals surface area contributed by atoms with Gasteiger partial charge >= 0.3 is 0 Å². The SMILES string of the molecule is Cc1c(F)ccc2c(Br)nc(C3CC3)nc12. The highest BCUT2D eigenvalue weighted by molar-refractivity contribution is 9.10. The topological polar surface area (TPSA) is 25.8 Å². The Morgan fingerprint density at radius 1 is 1.31 bits per heavy atom. The van der Waals surface area contributed by atoms with Crippen molar-refractivity contribution in [3.05, 3.63) is 33.9 Å². The minimum atomic E-state index is -0.208. The van der Waals surface area contributed by atoms with Gasteiger partial charge in [0, 0.05) is 16.9 Å². The summed E-state index contributed by atoms with van der Waals surface area (Å²) in [5, 5.41) is 0.878. The van der Waals surface area contributed by atoms with Crippen molar-refractivity contribution in [3.63, 3.8) is 0 Å². The first-order valence-electron chi connectivity index (χ1n) is 5.29. The zero-order chi connectivity index (χ0) is 11.3. The fourth-order valence-electron chi connectivity index (χ4n) is 1.81. The van der Waals surface area contributed by atoms with E-state index < -0.39 is 0 Å². The Morgan fingerprint density at radius 3 is 2.75 bits per heavy atom. The molecule has 1 aromatic carbocycles. The number of benzene rings is 1. The molecule has 4 heteroatoms. The Labute approximate surface area is 101 Å². The molecule has 0 amide bonds. The Balaban J connectivity index is 2.33. The Morgan fingerprint density at radius 2 is 2.06 bits per heavy atom. The molecular weight excluding hydrogens is 271 g/mol. The molecule has 1 heterocycles. The minimum Gasteiger partial charge on any atom is -0.232 e. The second-order valence-corrected chi connectivity index (χ2v) is 4.97. The van der Waals surface area contributed by atoms with Gasteiger partial charge in [-0.25, -0.2) is 14.4 Å². The van der Waals surface area contributed by atoms with Gasteiger partial charge in [-0.05, 0) is 47.8 Å². The van der Waals surface area contributed by atoms with Crippen LogP contribution in [-0.4, -0.2) is 9.97 Å². The molecule has 0 atom stereocenters. The third-order valence-corrected chi connectivity index (χ3v) is 3.57. The molecular formula is C12H10BrFN2. The van der Waals surface area contributed by atoms with E-state index in [1.807, 2.05) is 0 Å². The maximum atomic E-state index is 13.5. The second-order valence-electron chi connectivity index (χ2n) is 4.22. The molecule has 0 spiro atoms. The molecule has 1 aromatic heterocycles. The third kappa shape index (κ3) is 1.52. The number of hydrogen-bond acceptors (Lipinski definition) is 2. The van der Waals surface area contributed by atoms with Gasteiger partial charge in [-0.1, -0.05) is 0 Å². The Hall–Kier alpha value is -1.03. The van der Waals surface area contributed by atoms with Crippen molar-refractivity contribution in [1.29, 1.82) is 0 Å². The van der Waals surface area contributed by atoms with Crippen LogP contribution in [0.15, 0.2) is 16.7 Å². The number of aromatic nitrogens is 2. The molecule has 1 saturated carbocycles.